The molecule has 0 unspecified atom stereocenters. The highest BCUT2D eigenvalue weighted by Crippen LogP contribution is 2.27. The van der Waals surface area contributed by atoms with Crippen molar-refractivity contribution in [3.05, 3.63) is 58.8 Å². The molecule has 0 saturated carbocycles. The number of carbonyl (C=O) groups excluding carboxylic acids is 1. The molecule has 0 spiro atoms. The van der Waals surface area contributed by atoms with E-state index in [1.165, 1.54) is 11.3 Å². The summed E-state index contributed by atoms with van der Waals surface area (Å²) in [5.74, 6) is 1.14. The van der Waals surface area contributed by atoms with Gasteiger partial charge in [0.15, 0.2) is 11.4 Å². The number of nitrogens with one attached hydrogen (secondary N) is 1. The van der Waals surface area contributed by atoms with Crippen LogP contribution in [0.5, 0.6) is 5.75 Å². The first-order valence-corrected chi connectivity index (χ1v) is 10.5. The zero-order valence-corrected chi connectivity index (χ0v) is 18.4. The van der Waals surface area contributed by atoms with E-state index in [0.29, 0.717) is 11.4 Å². The number of fused-ring (bicyclic) bond motifs is 1. The molecule has 4 rings (SSSR count). The van der Waals surface area contributed by atoms with Crippen molar-refractivity contribution in [2.75, 3.05) is 5.32 Å². The van der Waals surface area contributed by atoms with Crippen molar-refractivity contribution < 1.29 is 9.53 Å². The van der Waals surface area contributed by atoms with E-state index in [9.17, 15) is 4.79 Å². The summed E-state index contributed by atoms with van der Waals surface area (Å²) < 4.78 is 8.53. The molecule has 0 saturated heterocycles. The Kier molecular flexibility index (Phi) is 5.10. The third-order valence-corrected chi connectivity index (χ3v) is 5.75. The maximum atomic E-state index is 12.7. The van der Waals surface area contributed by atoms with Gasteiger partial charge in [-0.1, -0.05) is 27.3 Å². The normalized spacial score (nSPS) is 11.6. The lowest BCUT2D eigenvalue weighted by Gasteiger charge is -2.25. The van der Waals surface area contributed by atoms with Gasteiger partial charge in [-0.2, -0.15) is 9.61 Å². The molecule has 0 bridgehead atoms. The average molecular weight is 472 g/mol. The third kappa shape index (κ3) is 4.15. The van der Waals surface area contributed by atoms with Crippen LogP contribution in [-0.4, -0.2) is 31.3 Å². The zero-order valence-electron chi connectivity index (χ0n) is 16.0. The maximum Gasteiger partial charge on any atom is 0.267 e. The van der Waals surface area contributed by atoms with Crippen LogP contribution in [0, 0.1) is 6.92 Å². The molecule has 29 heavy (non-hydrogen) atoms. The number of aryl methyl sites for hydroxylation is 1. The number of rotatable bonds is 5. The quantitative estimate of drug-likeness (QED) is 0.455. The Morgan fingerprint density at radius 1 is 1.10 bits per heavy atom. The van der Waals surface area contributed by atoms with Crippen LogP contribution in [0.4, 0.5) is 5.69 Å². The first-order chi connectivity index (χ1) is 13.8. The van der Waals surface area contributed by atoms with Crippen molar-refractivity contribution in [2.45, 2.75) is 26.4 Å². The lowest BCUT2D eigenvalue weighted by Crippen LogP contribution is -2.42. The molecule has 1 amide bonds. The molecular formula is C20H18BrN5O2S. The molecule has 0 atom stereocenters. The number of nitrogens with zero attached hydrogens (tertiary/aromatic N) is 4. The van der Waals surface area contributed by atoms with Gasteiger partial charge in [-0.15, -0.1) is 10.2 Å². The summed E-state index contributed by atoms with van der Waals surface area (Å²) in [6.07, 6.45) is 0. The van der Waals surface area contributed by atoms with Crippen molar-refractivity contribution in [1.29, 1.82) is 0 Å². The molecule has 0 aliphatic heterocycles. The Labute approximate surface area is 179 Å². The van der Waals surface area contributed by atoms with Gasteiger partial charge in [-0.25, -0.2) is 0 Å². The lowest BCUT2D eigenvalue weighted by molar-refractivity contribution is -0.128. The molecule has 2 aromatic carbocycles. The molecule has 7 nitrogen and oxygen atoms in total. The van der Waals surface area contributed by atoms with E-state index in [1.54, 1.807) is 18.4 Å². The molecule has 0 aliphatic carbocycles. The number of hydrogen-bond donors (Lipinski definition) is 1. The van der Waals surface area contributed by atoms with Gasteiger partial charge in [0.25, 0.3) is 5.91 Å². The highest BCUT2D eigenvalue weighted by Gasteiger charge is 2.30. The molecule has 9 heteroatoms. The van der Waals surface area contributed by atoms with E-state index in [2.05, 4.69) is 36.5 Å². The first-order valence-electron chi connectivity index (χ1n) is 8.87. The van der Waals surface area contributed by atoms with Crippen LogP contribution in [0.2, 0.25) is 0 Å². The Hall–Kier alpha value is -2.78. The molecule has 1 N–H and O–H groups in total. The second-order valence-electron chi connectivity index (χ2n) is 6.95. The molecular weight excluding hydrogens is 454 g/mol. The molecule has 0 radical (unpaired) electrons. The summed E-state index contributed by atoms with van der Waals surface area (Å²) in [4.78, 5) is 13.5. The Morgan fingerprint density at radius 2 is 1.79 bits per heavy atom. The van der Waals surface area contributed by atoms with Gasteiger partial charge in [0.05, 0.1) is 0 Å². The number of anilines is 1. The number of benzene rings is 2. The van der Waals surface area contributed by atoms with E-state index < -0.39 is 5.60 Å². The molecule has 0 fully saturated rings. The lowest BCUT2D eigenvalue weighted by atomic mass is 10.1. The summed E-state index contributed by atoms with van der Waals surface area (Å²) in [6, 6.07) is 14.9. The average Bonchev–Trinajstić information content (AvgIpc) is 3.26. The van der Waals surface area contributed by atoms with E-state index in [4.69, 9.17) is 4.74 Å². The standard InChI is InChI=1S/C20H18BrN5O2S/c1-12-23-24-19-26(12)25-17(29-19)13-4-8-15(9-5-13)22-18(27)20(2,3)28-16-10-6-14(21)7-11-16/h4-11H,1-3H3,(H,22,27). The van der Waals surface area contributed by atoms with Crippen LogP contribution in [0.1, 0.15) is 19.7 Å². The molecule has 4 aromatic rings. The van der Waals surface area contributed by atoms with Crippen LogP contribution in [0.3, 0.4) is 0 Å². The van der Waals surface area contributed by atoms with E-state index >= 15 is 0 Å². The minimum atomic E-state index is -1.03. The van der Waals surface area contributed by atoms with Crippen molar-refractivity contribution in [1.82, 2.24) is 19.8 Å². The highest BCUT2D eigenvalue weighted by atomic mass is 79.9. The fraction of sp³-hybridized carbons (Fsp3) is 0.200. The van der Waals surface area contributed by atoms with Gasteiger partial charge in [0, 0.05) is 15.7 Å². The van der Waals surface area contributed by atoms with Gasteiger partial charge in [-0.3, -0.25) is 4.79 Å². The van der Waals surface area contributed by atoms with E-state index in [0.717, 1.165) is 25.8 Å². The second kappa shape index (κ2) is 7.57. The van der Waals surface area contributed by atoms with Gasteiger partial charge < -0.3 is 10.1 Å². The summed E-state index contributed by atoms with van der Waals surface area (Å²) in [7, 11) is 0. The van der Waals surface area contributed by atoms with E-state index in [1.807, 2.05) is 55.5 Å². The van der Waals surface area contributed by atoms with Gasteiger partial charge in [0.1, 0.15) is 10.8 Å². The van der Waals surface area contributed by atoms with Gasteiger partial charge in [-0.05, 0) is 69.3 Å². The predicted octanol–water partition coefficient (Wildman–Crippen LogP) is 4.72. The van der Waals surface area contributed by atoms with Crippen LogP contribution < -0.4 is 10.1 Å². The smallest absolute Gasteiger partial charge is 0.267 e. The number of aromatic nitrogens is 4. The Morgan fingerprint density at radius 3 is 2.45 bits per heavy atom. The third-order valence-electron chi connectivity index (χ3n) is 4.27. The number of amides is 1. The summed E-state index contributed by atoms with van der Waals surface area (Å²) in [5, 5.41) is 16.3. The minimum Gasteiger partial charge on any atom is -0.478 e. The molecule has 2 aromatic heterocycles. The second-order valence-corrected chi connectivity index (χ2v) is 8.82. The summed E-state index contributed by atoms with van der Waals surface area (Å²) >= 11 is 4.85. The Bertz CT molecular complexity index is 1170. The number of carbonyl (C=O) groups is 1. The topological polar surface area (TPSA) is 81.4 Å². The largest absolute Gasteiger partial charge is 0.478 e. The fourth-order valence-corrected chi connectivity index (χ4v) is 3.81. The van der Waals surface area contributed by atoms with Gasteiger partial charge >= 0.3 is 0 Å². The minimum absolute atomic E-state index is 0.234. The van der Waals surface area contributed by atoms with Crippen LogP contribution in [0.25, 0.3) is 15.5 Å². The van der Waals surface area contributed by atoms with Crippen molar-refractivity contribution >= 4 is 43.8 Å². The molecule has 0 aliphatic rings. The van der Waals surface area contributed by atoms with E-state index in [-0.39, 0.29) is 5.91 Å². The maximum absolute atomic E-state index is 12.7. The first kappa shape index (κ1) is 19.5. The van der Waals surface area contributed by atoms with Crippen molar-refractivity contribution in [3.63, 3.8) is 0 Å². The fourth-order valence-electron chi connectivity index (χ4n) is 2.65. The van der Waals surface area contributed by atoms with Crippen molar-refractivity contribution in [2.24, 2.45) is 0 Å². The number of hydrogen-bond acceptors (Lipinski definition) is 6. The zero-order chi connectivity index (χ0) is 20.6. The molecule has 148 valence electrons. The summed E-state index contributed by atoms with van der Waals surface area (Å²) in [5.41, 5.74) is 0.603. The Balaban J connectivity index is 1.45. The van der Waals surface area contributed by atoms with Crippen molar-refractivity contribution in [3.8, 4) is 16.3 Å². The monoisotopic (exact) mass is 471 g/mol. The highest BCUT2D eigenvalue weighted by molar-refractivity contribution is 9.10. The van der Waals surface area contributed by atoms with Crippen LogP contribution in [-0.2, 0) is 4.79 Å². The number of halogens is 1. The SMILES string of the molecule is Cc1nnc2sc(-c3ccc(NC(=O)C(C)(C)Oc4ccc(Br)cc4)cc3)nn12. The number of ether oxygens (including phenoxy) is 1. The molecule has 2 heterocycles. The van der Waals surface area contributed by atoms with Crippen LogP contribution >= 0.6 is 27.3 Å². The van der Waals surface area contributed by atoms with Gasteiger partial charge in [0.2, 0.25) is 4.96 Å². The van der Waals surface area contributed by atoms with Crippen LogP contribution in [0.15, 0.2) is 53.0 Å². The summed E-state index contributed by atoms with van der Waals surface area (Å²) in [6.45, 7) is 5.33. The predicted molar refractivity (Wildman–Crippen MR) is 116 cm³/mol.